The quantitative estimate of drug-likeness (QED) is 0.767. The second-order valence-electron chi connectivity index (χ2n) is 3.93. The number of nitrogens with one attached hydrogen (secondary N) is 1. The van der Waals surface area contributed by atoms with E-state index >= 15 is 0 Å². The van der Waals surface area contributed by atoms with Crippen molar-refractivity contribution in [2.45, 2.75) is 26.2 Å². The van der Waals surface area contributed by atoms with Gasteiger partial charge in [0, 0.05) is 12.1 Å². The van der Waals surface area contributed by atoms with Crippen LogP contribution < -0.4 is 5.73 Å². The first-order chi connectivity index (χ1) is 7.74. The minimum Gasteiger partial charge on any atom is -0.399 e. The second-order valence-corrected chi connectivity index (χ2v) is 3.93. The molecule has 1 aromatic carbocycles. The van der Waals surface area contributed by atoms with Crippen molar-refractivity contribution in [1.29, 1.82) is 0 Å². The molecule has 2 aromatic rings. The number of H-pyrrole nitrogens is 1. The van der Waals surface area contributed by atoms with Crippen molar-refractivity contribution in [2.24, 2.45) is 0 Å². The zero-order chi connectivity index (χ0) is 11.4. The van der Waals surface area contributed by atoms with E-state index in [9.17, 15) is 0 Å². The lowest BCUT2D eigenvalue weighted by Crippen LogP contribution is -1.93. The molecule has 1 aromatic heterocycles. The van der Waals surface area contributed by atoms with Crippen LogP contribution in [-0.2, 0) is 12.8 Å². The van der Waals surface area contributed by atoms with Gasteiger partial charge < -0.3 is 5.73 Å². The number of rotatable bonds is 4. The molecule has 0 atom stereocenters. The SMILES string of the molecule is Cc1nc(CCCc2ccc(N)cc2)n[nH]1. The van der Waals surface area contributed by atoms with Crippen LogP contribution in [0.15, 0.2) is 24.3 Å². The van der Waals surface area contributed by atoms with Gasteiger partial charge >= 0.3 is 0 Å². The van der Waals surface area contributed by atoms with Crippen molar-refractivity contribution in [2.75, 3.05) is 5.73 Å². The summed E-state index contributed by atoms with van der Waals surface area (Å²) in [5.74, 6) is 1.77. The molecule has 0 saturated carbocycles. The molecule has 0 unspecified atom stereocenters. The van der Waals surface area contributed by atoms with Crippen molar-refractivity contribution in [3.05, 3.63) is 41.5 Å². The molecule has 0 spiro atoms. The van der Waals surface area contributed by atoms with Crippen LogP contribution >= 0.6 is 0 Å². The average Bonchev–Trinajstić information content (AvgIpc) is 2.67. The average molecular weight is 216 g/mol. The van der Waals surface area contributed by atoms with E-state index in [0.717, 1.165) is 36.6 Å². The lowest BCUT2D eigenvalue weighted by atomic mass is 10.1. The predicted molar refractivity (Wildman–Crippen MR) is 64.0 cm³/mol. The first kappa shape index (κ1) is 10.7. The van der Waals surface area contributed by atoms with Crippen LogP contribution in [0.2, 0.25) is 0 Å². The van der Waals surface area contributed by atoms with Gasteiger partial charge in [-0.2, -0.15) is 5.10 Å². The van der Waals surface area contributed by atoms with Gasteiger partial charge in [-0.05, 0) is 37.5 Å². The monoisotopic (exact) mass is 216 g/mol. The largest absolute Gasteiger partial charge is 0.399 e. The third kappa shape index (κ3) is 2.82. The van der Waals surface area contributed by atoms with Crippen LogP contribution in [0.4, 0.5) is 5.69 Å². The van der Waals surface area contributed by atoms with Crippen molar-refractivity contribution < 1.29 is 0 Å². The molecule has 0 fully saturated rings. The van der Waals surface area contributed by atoms with Crippen molar-refractivity contribution in [3.8, 4) is 0 Å². The van der Waals surface area contributed by atoms with E-state index in [2.05, 4.69) is 27.3 Å². The van der Waals surface area contributed by atoms with E-state index in [1.165, 1.54) is 5.56 Å². The molecule has 4 heteroatoms. The van der Waals surface area contributed by atoms with Gasteiger partial charge in [0.15, 0.2) is 5.82 Å². The van der Waals surface area contributed by atoms with Crippen LogP contribution in [0.25, 0.3) is 0 Å². The fraction of sp³-hybridized carbons (Fsp3) is 0.333. The van der Waals surface area contributed by atoms with Gasteiger partial charge in [-0.3, -0.25) is 5.10 Å². The molecule has 4 nitrogen and oxygen atoms in total. The third-order valence-electron chi connectivity index (χ3n) is 2.49. The van der Waals surface area contributed by atoms with Crippen LogP contribution in [-0.4, -0.2) is 15.2 Å². The number of aromatic nitrogens is 3. The van der Waals surface area contributed by atoms with E-state index in [4.69, 9.17) is 5.73 Å². The number of anilines is 1. The Balaban J connectivity index is 1.82. The summed E-state index contributed by atoms with van der Waals surface area (Å²) in [6.07, 6.45) is 3.00. The highest BCUT2D eigenvalue weighted by molar-refractivity contribution is 5.39. The summed E-state index contributed by atoms with van der Waals surface area (Å²) in [5, 5.41) is 6.95. The zero-order valence-corrected chi connectivity index (χ0v) is 9.40. The zero-order valence-electron chi connectivity index (χ0n) is 9.40. The second kappa shape index (κ2) is 4.79. The van der Waals surface area contributed by atoms with Gasteiger partial charge in [0.05, 0.1) is 0 Å². The molecule has 0 saturated heterocycles. The fourth-order valence-corrected chi connectivity index (χ4v) is 1.64. The van der Waals surface area contributed by atoms with E-state index in [-0.39, 0.29) is 0 Å². The van der Waals surface area contributed by atoms with Crippen LogP contribution in [0, 0.1) is 6.92 Å². The maximum atomic E-state index is 5.63. The number of hydrogen-bond acceptors (Lipinski definition) is 3. The first-order valence-electron chi connectivity index (χ1n) is 5.46. The van der Waals surface area contributed by atoms with Crippen molar-refractivity contribution in [3.63, 3.8) is 0 Å². The van der Waals surface area contributed by atoms with Crippen LogP contribution in [0.1, 0.15) is 23.6 Å². The normalized spacial score (nSPS) is 10.6. The van der Waals surface area contributed by atoms with E-state index in [1.807, 2.05) is 19.1 Å². The molecular weight excluding hydrogens is 200 g/mol. The van der Waals surface area contributed by atoms with E-state index < -0.39 is 0 Å². The maximum absolute atomic E-state index is 5.63. The molecule has 2 rings (SSSR count). The molecule has 16 heavy (non-hydrogen) atoms. The number of aromatic amines is 1. The molecule has 3 N–H and O–H groups in total. The Morgan fingerprint density at radius 1 is 1.19 bits per heavy atom. The highest BCUT2D eigenvalue weighted by Gasteiger charge is 2.00. The lowest BCUT2D eigenvalue weighted by molar-refractivity contribution is 0.775. The van der Waals surface area contributed by atoms with E-state index in [0.29, 0.717) is 0 Å². The summed E-state index contributed by atoms with van der Waals surface area (Å²) in [4.78, 5) is 4.27. The standard InChI is InChI=1S/C12H16N4/c1-9-14-12(16-15-9)4-2-3-10-5-7-11(13)8-6-10/h5-8H,2-4,13H2,1H3,(H,14,15,16). The van der Waals surface area contributed by atoms with Gasteiger partial charge in [-0.15, -0.1) is 0 Å². The minimum absolute atomic E-state index is 0.813. The van der Waals surface area contributed by atoms with Crippen molar-refractivity contribution in [1.82, 2.24) is 15.2 Å². The topological polar surface area (TPSA) is 67.6 Å². The molecule has 0 aliphatic heterocycles. The first-order valence-corrected chi connectivity index (χ1v) is 5.46. The number of aryl methyl sites for hydroxylation is 3. The highest BCUT2D eigenvalue weighted by atomic mass is 15.2. The Hall–Kier alpha value is -1.84. The van der Waals surface area contributed by atoms with Crippen molar-refractivity contribution >= 4 is 5.69 Å². The van der Waals surface area contributed by atoms with Gasteiger partial charge in [-0.25, -0.2) is 4.98 Å². The summed E-state index contributed by atoms with van der Waals surface area (Å²) in [6.45, 7) is 1.91. The lowest BCUT2D eigenvalue weighted by Gasteiger charge is -2.00. The molecule has 0 radical (unpaired) electrons. The highest BCUT2D eigenvalue weighted by Crippen LogP contribution is 2.09. The molecule has 1 heterocycles. The third-order valence-corrected chi connectivity index (χ3v) is 2.49. The summed E-state index contributed by atoms with van der Waals surface area (Å²) in [5.41, 5.74) is 7.75. The smallest absolute Gasteiger partial charge is 0.150 e. The Kier molecular flexibility index (Phi) is 3.19. The number of nitrogens with two attached hydrogens (primary N) is 1. The van der Waals surface area contributed by atoms with Crippen LogP contribution in [0.3, 0.4) is 0 Å². The molecule has 0 amide bonds. The van der Waals surface area contributed by atoms with Gasteiger partial charge in [0.2, 0.25) is 0 Å². The van der Waals surface area contributed by atoms with Gasteiger partial charge in [0.1, 0.15) is 5.82 Å². The van der Waals surface area contributed by atoms with E-state index in [1.54, 1.807) is 0 Å². The summed E-state index contributed by atoms with van der Waals surface area (Å²) in [6, 6.07) is 8.01. The fourth-order valence-electron chi connectivity index (χ4n) is 1.64. The Morgan fingerprint density at radius 2 is 1.94 bits per heavy atom. The molecule has 84 valence electrons. The molecule has 0 aliphatic rings. The summed E-state index contributed by atoms with van der Waals surface area (Å²) < 4.78 is 0. The molecular formula is C12H16N4. The maximum Gasteiger partial charge on any atom is 0.150 e. The summed E-state index contributed by atoms with van der Waals surface area (Å²) >= 11 is 0. The summed E-state index contributed by atoms with van der Waals surface area (Å²) in [7, 11) is 0. The molecule has 0 bridgehead atoms. The Morgan fingerprint density at radius 3 is 2.56 bits per heavy atom. The van der Waals surface area contributed by atoms with Crippen LogP contribution in [0.5, 0.6) is 0 Å². The number of nitrogen functional groups attached to an aromatic ring is 1. The Bertz CT molecular complexity index is 444. The minimum atomic E-state index is 0.813. The number of benzene rings is 1. The van der Waals surface area contributed by atoms with Gasteiger partial charge in [-0.1, -0.05) is 12.1 Å². The molecule has 0 aliphatic carbocycles. The van der Waals surface area contributed by atoms with Gasteiger partial charge in [0.25, 0.3) is 0 Å². The predicted octanol–water partition coefficient (Wildman–Crippen LogP) is 1.87. The Labute approximate surface area is 94.9 Å². The number of hydrogen-bond donors (Lipinski definition) is 2. The number of nitrogens with zero attached hydrogens (tertiary/aromatic N) is 2.